The van der Waals surface area contributed by atoms with E-state index in [0.717, 1.165) is 11.4 Å². The van der Waals surface area contributed by atoms with Crippen LogP contribution in [0.3, 0.4) is 0 Å². The van der Waals surface area contributed by atoms with Crippen molar-refractivity contribution in [3.63, 3.8) is 0 Å². The molecule has 3 rings (SSSR count). The lowest BCUT2D eigenvalue weighted by Crippen LogP contribution is -2.60. The molecule has 0 unspecified atom stereocenters. The number of likely N-dealkylation sites (tertiary alicyclic amines) is 1. The molecule has 3 fully saturated rings. The average molecular weight is 336 g/mol. The molecule has 4 atom stereocenters. The molecule has 8 nitrogen and oxygen atoms in total. The summed E-state index contributed by atoms with van der Waals surface area (Å²) in [4.78, 5) is 47.8. The maximum Gasteiger partial charge on any atom is 0.332 e. The number of likely N-dealkylation sites (N-methyl/N-ethyl adjacent to an activating group) is 1. The molecule has 0 N–H and O–H groups in total. The summed E-state index contributed by atoms with van der Waals surface area (Å²) >= 11 is 0. The zero-order chi connectivity index (χ0) is 17.8. The largest absolute Gasteiger partial charge is 0.467 e. The highest BCUT2D eigenvalue weighted by atomic mass is 16.5. The Balaban J connectivity index is 2.22. The fourth-order valence-electron chi connectivity index (χ4n) is 4.77. The molecule has 0 aliphatic carbocycles. The lowest BCUT2D eigenvalue weighted by molar-refractivity contribution is -0.158. The van der Waals surface area contributed by atoms with Crippen molar-refractivity contribution in [2.45, 2.75) is 31.8 Å². The number of amides is 2. The smallest absolute Gasteiger partial charge is 0.332 e. The lowest BCUT2D eigenvalue weighted by Gasteiger charge is -2.39. The number of imide groups is 1. The van der Waals surface area contributed by atoms with Crippen molar-refractivity contribution in [2.75, 3.05) is 34.3 Å². The highest BCUT2D eigenvalue weighted by Crippen LogP contribution is 2.53. The van der Waals surface area contributed by atoms with Crippen LogP contribution in [0.2, 0.25) is 0 Å². The van der Waals surface area contributed by atoms with Crippen molar-refractivity contribution in [3.8, 4) is 0 Å². The number of ether oxygens (including phenoxy) is 1. The van der Waals surface area contributed by atoms with Crippen molar-refractivity contribution in [3.05, 3.63) is 0 Å². The zero-order valence-electron chi connectivity index (χ0n) is 14.8. The zero-order valence-corrected chi connectivity index (χ0v) is 14.8. The van der Waals surface area contributed by atoms with Gasteiger partial charge in [0.15, 0.2) is 11.5 Å². The minimum atomic E-state index is -1.18. The Hall–Kier alpha value is -2.12. The standard InChI is InChI=1S/C16H24N4O4/c1-6-16(14(23)24-5)11-10(12(21)18(4)13(11)22)9-8-19(7-2)15(17-3)20(9)16/h9-11H,6-8H2,1-5H3/t9-,10+,11-,16-/m1/s1. The number of hydrogen-bond acceptors (Lipinski definition) is 5. The lowest BCUT2D eigenvalue weighted by atomic mass is 9.78. The number of nitrogens with zero attached hydrogens (tertiary/aromatic N) is 4. The van der Waals surface area contributed by atoms with Crippen LogP contribution in [0, 0.1) is 11.8 Å². The van der Waals surface area contributed by atoms with Gasteiger partial charge >= 0.3 is 5.97 Å². The van der Waals surface area contributed by atoms with Crippen molar-refractivity contribution >= 4 is 23.7 Å². The normalized spacial score (nSPS) is 36.6. The third-order valence-electron chi connectivity index (χ3n) is 5.83. The summed E-state index contributed by atoms with van der Waals surface area (Å²) in [7, 11) is 4.48. The van der Waals surface area contributed by atoms with Gasteiger partial charge in [-0.2, -0.15) is 0 Å². The number of aliphatic imine (C=N–C) groups is 1. The molecule has 0 aromatic heterocycles. The number of hydrogen-bond donors (Lipinski definition) is 0. The first-order valence-corrected chi connectivity index (χ1v) is 8.31. The van der Waals surface area contributed by atoms with Crippen LogP contribution in [0.25, 0.3) is 0 Å². The van der Waals surface area contributed by atoms with Gasteiger partial charge in [0.05, 0.1) is 25.0 Å². The summed E-state index contributed by atoms with van der Waals surface area (Å²) in [5.74, 6) is -1.58. The Morgan fingerprint density at radius 3 is 2.50 bits per heavy atom. The van der Waals surface area contributed by atoms with Gasteiger partial charge in [-0.05, 0) is 13.3 Å². The van der Waals surface area contributed by atoms with E-state index in [1.807, 2.05) is 23.6 Å². The van der Waals surface area contributed by atoms with Crippen LogP contribution in [-0.4, -0.2) is 84.3 Å². The van der Waals surface area contributed by atoms with Crippen LogP contribution in [-0.2, 0) is 19.1 Å². The van der Waals surface area contributed by atoms with E-state index in [0.29, 0.717) is 18.9 Å². The molecule has 8 heteroatoms. The van der Waals surface area contributed by atoms with Gasteiger partial charge < -0.3 is 14.5 Å². The van der Waals surface area contributed by atoms with Crippen LogP contribution >= 0.6 is 0 Å². The predicted octanol–water partition coefficient (Wildman–Crippen LogP) is -0.455. The van der Waals surface area contributed by atoms with Crippen LogP contribution in [0.4, 0.5) is 0 Å². The van der Waals surface area contributed by atoms with Crippen molar-refractivity contribution in [1.82, 2.24) is 14.7 Å². The Kier molecular flexibility index (Phi) is 3.80. The van der Waals surface area contributed by atoms with Crippen LogP contribution in [0.1, 0.15) is 20.3 Å². The Bertz CT molecular complexity index is 634. The van der Waals surface area contributed by atoms with Gasteiger partial charge in [0.2, 0.25) is 11.8 Å². The van der Waals surface area contributed by atoms with Gasteiger partial charge in [-0.3, -0.25) is 19.5 Å². The fraction of sp³-hybridized carbons (Fsp3) is 0.750. The minimum absolute atomic E-state index is 0.215. The number of fused-ring (bicyclic) bond motifs is 3. The van der Waals surface area contributed by atoms with Gasteiger partial charge in [-0.1, -0.05) is 6.92 Å². The molecule has 0 spiro atoms. The van der Waals surface area contributed by atoms with E-state index >= 15 is 0 Å². The number of esters is 1. The number of carbonyl (C=O) groups excluding carboxylic acids is 3. The topological polar surface area (TPSA) is 82.5 Å². The van der Waals surface area contributed by atoms with Crippen molar-refractivity contribution in [1.29, 1.82) is 0 Å². The summed E-state index contributed by atoms with van der Waals surface area (Å²) < 4.78 is 5.09. The van der Waals surface area contributed by atoms with Crippen LogP contribution in [0.5, 0.6) is 0 Å². The molecule has 2 amide bonds. The first-order valence-electron chi connectivity index (χ1n) is 8.31. The van der Waals surface area contributed by atoms with E-state index in [2.05, 4.69) is 4.99 Å². The number of methoxy groups -OCH3 is 1. The van der Waals surface area contributed by atoms with Gasteiger partial charge in [0.1, 0.15) is 0 Å². The first kappa shape index (κ1) is 16.7. The highest BCUT2D eigenvalue weighted by molar-refractivity contribution is 6.11. The molecule has 0 bridgehead atoms. The first-order chi connectivity index (χ1) is 11.4. The Labute approximate surface area is 141 Å². The molecule has 0 aromatic rings. The summed E-state index contributed by atoms with van der Waals surface area (Å²) in [5.41, 5.74) is -1.18. The predicted molar refractivity (Wildman–Crippen MR) is 86.0 cm³/mol. The molecule has 3 saturated heterocycles. The third kappa shape index (κ3) is 1.68. The third-order valence-corrected chi connectivity index (χ3v) is 5.83. The van der Waals surface area contributed by atoms with E-state index < -0.39 is 23.3 Å². The maximum atomic E-state index is 12.8. The second kappa shape index (κ2) is 5.46. The van der Waals surface area contributed by atoms with E-state index in [1.165, 1.54) is 14.2 Å². The van der Waals surface area contributed by atoms with Crippen LogP contribution < -0.4 is 0 Å². The minimum Gasteiger partial charge on any atom is -0.467 e. The quantitative estimate of drug-likeness (QED) is 0.513. The van der Waals surface area contributed by atoms with E-state index in [9.17, 15) is 14.4 Å². The van der Waals surface area contributed by atoms with Gasteiger partial charge in [0.25, 0.3) is 0 Å². The molecule has 3 aliphatic heterocycles. The van der Waals surface area contributed by atoms with E-state index in [4.69, 9.17) is 4.74 Å². The Morgan fingerprint density at radius 1 is 1.33 bits per heavy atom. The van der Waals surface area contributed by atoms with Crippen LogP contribution in [0.15, 0.2) is 4.99 Å². The molecular formula is C16H24N4O4. The SMILES string of the molecule is CCN1C[C@@H]2[C@@H]3C(=O)N(C)C(=O)[C@@H]3[C@](CC)(C(=O)OC)N2C1=NC. The second-order valence-corrected chi connectivity index (χ2v) is 6.51. The van der Waals surface area contributed by atoms with Gasteiger partial charge in [-0.15, -0.1) is 0 Å². The average Bonchev–Trinajstić information content (AvgIpc) is 3.17. The van der Waals surface area contributed by atoms with Gasteiger partial charge in [0, 0.05) is 27.2 Å². The van der Waals surface area contributed by atoms with E-state index in [-0.39, 0.29) is 17.9 Å². The van der Waals surface area contributed by atoms with Crippen molar-refractivity contribution in [2.24, 2.45) is 16.8 Å². The van der Waals surface area contributed by atoms with Crippen molar-refractivity contribution < 1.29 is 19.1 Å². The molecule has 0 radical (unpaired) electrons. The molecular weight excluding hydrogens is 312 g/mol. The molecule has 3 aliphatic rings. The molecule has 0 saturated carbocycles. The number of carbonyl (C=O) groups is 3. The van der Waals surface area contributed by atoms with E-state index in [1.54, 1.807) is 7.05 Å². The summed E-state index contributed by atoms with van der Waals surface area (Å²) in [6.07, 6.45) is 0.376. The molecule has 24 heavy (non-hydrogen) atoms. The number of rotatable bonds is 3. The van der Waals surface area contributed by atoms with Gasteiger partial charge in [-0.25, -0.2) is 4.79 Å². The number of guanidine groups is 1. The highest BCUT2D eigenvalue weighted by Gasteiger charge is 2.73. The summed E-state index contributed by atoms with van der Waals surface area (Å²) in [6, 6.07) is -0.242. The Morgan fingerprint density at radius 2 is 2.00 bits per heavy atom. The summed E-state index contributed by atoms with van der Waals surface area (Å²) in [6.45, 7) is 5.16. The molecule has 0 aromatic carbocycles. The monoisotopic (exact) mass is 336 g/mol. The molecule has 132 valence electrons. The second-order valence-electron chi connectivity index (χ2n) is 6.51. The fourth-order valence-corrected chi connectivity index (χ4v) is 4.77. The summed E-state index contributed by atoms with van der Waals surface area (Å²) in [5, 5.41) is 0. The maximum absolute atomic E-state index is 12.8. The molecule has 3 heterocycles.